The number of ether oxygens (including phenoxy) is 1. The molecule has 3 aromatic rings. The molecule has 0 saturated heterocycles. The molecule has 3 aromatic carbocycles. The summed E-state index contributed by atoms with van der Waals surface area (Å²) in [5, 5.41) is 4.07. The van der Waals surface area contributed by atoms with Gasteiger partial charge in [-0.2, -0.15) is 5.10 Å². The van der Waals surface area contributed by atoms with E-state index in [1.165, 1.54) is 27.9 Å². The number of nitrogens with one attached hydrogen (secondary N) is 1. The van der Waals surface area contributed by atoms with E-state index < -0.39 is 0 Å². The highest BCUT2D eigenvalue weighted by atomic mass is 16.5. The molecule has 1 aliphatic rings. The number of rotatable bonds is 5. The summed E-state index contributed by atoms with van der Waals surface area (Å²) in [7, 11) is 1.59. The number of anilines is 1. The lowest BCUT2D eigenvalue weighted by atomic mass is 10.0. The van der Waals surface area contributed by atoms with Gasteiger partial charge in [0, 0.05) is 24.3 Å². The zero-order chi connectivity index (χ0) is 21.1. The number of amides is 1. The second-order valence-electron chi connectivity index (χ2n) is 7.58. The van der Waals surface area contributed by atoms with Crippen LogP contribution in [0.3, 0.4) is 0 Å². The lowest BCUT2D eigenvalue weighted by molar-refractivity contribution is 0.0955. The molecular formula is C25H25N3O2. The summed E-state index contributed by atoms with van der Waals surface area (Å²) in [6.45, 7) is 6.20. The maximum absolute atomic E-state index is 12.1. The average Bonchev–Trinajstić information content (AvgIpc) is 3.17. The van der Waals surface area contributed by atoms with Crippen molar-refractivity contribution in [3.05, 3.63) is 94.0 Å². The van der Waals surface area contributed by atoms with Gasteiger partial charge >= 0.3 is 0 Å². The van der Waals surface area contributed by atoms with Crippen molar-refractivity contribution in [3.8, 4) is 5.75 Å². The molecule has 1 N–H and O–H groups in total. The number of carbonyl (C=O) groups is 1. The molecule has 0 atom stereocenters. The second-order valence-corrected chi connectivity index (χ2v) is 7.58. The van der Waals surface area contributed by atoms with Gasteiger partial charge in [0.1, 0.15) is 5.75 Å². The Kier molecular flexibility index (Phi) is 5.53. The Hall–Kier alpha value is -3.60. The lowest BCUT2D eigenvalue weighted by Crippen LogP contribution is -2.17. The minimum Gasteiger partial charge on any atom is -0.497 e. The van der Waals surface area contributed by atoms with Gasteiger partial charge in [0.15, 0.2) is 0 Å². The summed E-state index contributed by atoms with van der Waals surface area (Å²) in [6.07, 6.45) is 1.65. The minimum atomic E-state index is -0.258. The number of aryl methyl sites for hydroxylation is 2. The molecule has 0 saturated carbocycles. The maximum Gasteiger partial charge on any atom is 0.271 e. The van der Waals surface area contributed by atoms with Gasteiger partial charge in [-0.25, -0.2) is 5.43 Å². The zero-order valence-electron chi connectivity index (χ0n) is 17.5. The summed E-state index contributed by atoms with van der Waals surface area (Å²) < 4.78 is 5.10. The predicted molar refractivity (Wildman–Crippen MR) is 120 cm³/mol. The van der Waals surface area contributed by atoms with E-state index in [1.54, 1.807) is 37.6 Å². The Morgan fingerprint density at radius 1 is 0.967 bits per heavy atom. The maximum atomic E-state index is 12.1. The van der Waals surface area contributed by atoms with Crippen molar-refractivity contribution in [2.45, 2.75) is 26.9 Å². The van der Waals surface area contributed by atoms with E-state index >= 15 is 0 Å². The van der Waals surface area contributed by atoms with E-state index in [1.807, 2.05) is 12.1 Å². The molecule has 152 valence electrons. The first-order valence-corrected chi connectivity index (χ1v) is 9.95. The molecule has 5 heteroatoms. The number of hydrazone groups is 1. The predicted octanol–water partition coefficient (Wildman–Crippen LogP) is 4.60. The lowest BCUT2D eigenvalue weighted by Gasteiger charge is -2.17. The molecule has 0 bridgehead atoms. The van der Waals surface area contributed by atoms with Crippen LogP contribution >= 0.6 is 0 Å². The van der Waals surface area contributed by atoms with Crippen LogP contribution in [-0.2, 0) is 13.1 Å². The fourth-order valence-corrected chi connectivity index (χ4v) is 3.62. The molecule has 0 radical (unpaired) electrons. The Morgan fingerprint density at radius 2 is 1.57 bits per heavy atom. The number of hydrogen-bond donors (Lipinski definition) is 1. The largest absolute Gasteiger partial charge is 0.497 e. The van der Waals surface area contributed by atoms with Crippen molar-refractivity contribution >= 4 is 17.8 Å². The standard InChI is InChI=1S/C25H25N3O2/c1-17-12-21-15-28(16-22(21)13-18(17)2)23-8-4-19(5-9-23)14-26-27-25(29)20-6-10-24(30-3)11-7-20/h4-14H,15-16H2,1-3H3,(H,27,29)/b26-14-. The summed E-state index contributed by atoms with van der Waals surface area (Å²) in [4.78, 5) is 14.5. The number of benzene rings is 3. The monoisotopic (exact) mass is 399 g/mol. The van der Waals surface area contributed by atoms with Crippen LogP contribution in [0.1, 0.15) is 38.2 Å². The molecule has 0 fully saturated rings. The first-order valence-electron chi connectivity index (χ1n) is 9.95. The van der Waals surface area contributed by atoms with Gasteiger partial charge in [-0.1, -0.05) is 24.3 Å². The summed E-state index contributed by atoms with van der Waals surface area (Å²) >= 11 is 0. The van der Waals surface area contributed by atoms with Crippen LogP contribution in [0.25, 0.3) is 0 Å². The van der Waals surface area contributed by atoms with Crippen molar-refractivity contribution in [1.29, 1.82) is 0 Å². The summed E-state index contributed by atoms with van der Waals surface area (Å²) in [6, 6.07) is 19.7. The van der Waals surface area contributed by atoms with Gasteiger partial charge in [0.2, 0.25) is 0 Å². The quantitative estimate of drug-likeness (QED) is 0.504. The van der Waals surface area contributed by atoms with Crippen LogP contribution in [0.15, 0.2) is 65.8 Å². The van der Waals surface area contributed by atoms with Crippen LogP contribution in [0.4, 0.5) is 5.69 Å². The van der Waals surface area contributed by atoms with Gasteiger partial charge in [-0.05, 0) is 78.1 Å². The van der Waals surface area contributed by atoms with Crippen LogP contribution in [-0.4, -0.2) is 19.2 Å². The Bertz CT molecular complexity index is 1060. The van der Waals surface area contributed by atoms with Crippen LogP contribution < -0.4 is 15.1 Å². The molecule has 1 amide bonds. The molecule has 0 aliphatic carbocycles. The number of hydrogen-bond acceptors (Lipinski definition) is 4. The smallest absolute Gasteiger partial charge is 0.271 e. The van der Waals surface area contributed by atoms with Crippen molar-refractivity contribution in [1.82, 2.24) is 5.43 Å². The van der Waals surface area contributed by atoms with Gasteiger partial charge in [0.05, 0.1) is 13.3 Å². The highest BCUT2D eigenvalue weighted by molar-refractivity contribution is 5.95. The number of carbonyl (C=O) groups excluding carboxylic acids is 1. The van der Waals surface area contributed by atoms with E-state index in [2.05, 4.69) is 53.5 Å². The average molecular weight is 399 g/mol. The third-order valence-electron chi connectivity index (χ3n) is 5.53. The van der Waals surface area contributed by atoms with Crippen molar-refractivity contribution in [2.75, 3.05) is 12.0 Å². The summed E-state index contributed by atoms with van der Waals surface area (Å²) in [5.74, 6) is 0.451. The van der Waals surface area contributed by atoms with Crippen molar-refractivity contribution in [2.24, 2.45) is 5.10 Å². The van der Waals surface area contributed by atoms with E-state index in [-0.39, 0.29) is 5.91 Å². The topological polar surface area (TPSA) is 53.9 Å². The molecule has 0 unspecified atom stereocenters. The first kappa shape index (κ1) is 19.7. The molecule has 5 nitrogen and oxygen atoms in total. The molecule has 4 rings (SSSR count). The molecular weight excluding hydrogens is 374 g/mol. The van der Waals surface area contributed by atoms with E-state index in [0.717, 1.165) is 18.7 Å². The second kappa shape index (κ2) is 8.41. The number of nitrogens with zero attached hydrogens (tertiary/aromatic N) is 2. The first-order chi connectivity index (χ1) is 14.5. The van der Waals surface area contributed by atoms with Crippen LogP contribution in [0.5, 0.6) is 5.75 Å². The highest BCUT2D eigenvalue weighted by Crippen LogP contribution is 2.30. The Morgan fingerprint density at radius 3 is 2.13 bits per heavy atom. The van der Waals surface area contributed by atoms with Crippen LogP contribution in [0.2, 0.25) is 0 Å². The number of fused-ring (bicyclic) bond motifs is 1. The molecule has 30 heavy (non-hydrogen) atoms. The number of methoxy groups -OCH3 is 1. The van der Waals surface area contributed by atoms with Gasteiger partial charge in [-0.3, -0.25) is 4.79 Å². The zero-order valence-corrected chi connectivity index (χ0v) is 17.5. The minimum absolute atomic E-state index is 0.258. The molecule has 0 spiro atoms. The highest BCUT2D eigenvalue weighted by Gasteiger charge is 2.19. The van der Waals surface area contributed by atoms with Crippen molar-refractivity contribution < 1.29 is 9.53 Å². The molecule has 1 heterocycles. The normalized spacial score (nSPS) is 12.8. The Labute approximate surface area is 177 Å². The SMILES string of the molecule is COc1ccc(C(=O)N/N=C\c2ccc(N3Cc4cc(C)c(C)cc4C3)cc2)cc1. The fraction of sp³-hybridized carbons (Fsp3) is 0.200. The van der Waals surface area contributed by atoms with E-state index in [4.69, 9.17) is 4.74 Å². The molecule has 1 aliphatic heterocycles. The third-order valence-corrected chi connectivity index (χ3v) is 5.53. The van der Waals surface area contributed by atoms with Gasteiger partial charge in [-0.15, -0.1) is 0 Å². The third kappa shape index (κ3) is 4.20. The van der Waals surface area contributed by atoms with Crippen LogP contribution in [0, 0.1) is 13.8 Å². The van der Waals surface area contributed by atoms with E-state index in [9.17, 15) is 4.79 Å². The van der Waals surface area contributed by atoms with Gasteiger partial charge < -0.3 is 9.64 Å². The summed E-state index contributed by atoms with van der Waals surface area (Å²) in [5.41, 5.74) is 10.7. The molecule has 0 aromatic heterocycles. The Balaban J connectivity index is 1.36. The fourth-order valence-electron chi connectivity index (χ4n) is 3.62. The van der Waals surface area contributed by atoms with Crippen molar-refractivity contribution in [3.63, 3.8) is 0 Å². The van der Waals surface area contributed by atoms with E-state index in [0.29, 0.717) is 11.3 Å². The van der Waals surface area contributed by atoms with Gasteiger partial charge in [0.25, 0.3) is 5.91 Å².